The molecule has 0 radical (unpaired) electrons. The van der Waals surface area contributed by atoms with Gasteiger partial charge >= 0.3 is 0 Å². The fourth-order valence-corrected chi connectivity index (χ4v) is 2.31. The lowest BCUT2D eigenvalue weighted by Gasteiger charge is -2.32. The van der Waals surface area contributed by atoms with Crippen molar-refractivity contribution in [3.05, 3.63) is 18.1 Å². The van der Waals surface area contributed by atoms with Gasteiger partial charge in [-0.3, -0.25) is 9.59 Å². The highest BCUT2D eigenvalue weighted by molar-refractivity contribution is 5.92. The molecular formula is C15H23N5O2. The fourth-order valence-electron chi connectivity index (χ4n) is 2.31. The average Bonchev–Trinajstić information content (AvgIpc) is 2.59. The third-order valence-electron chi connectivity index (χ3n) is 3.71. The average molecular weight is 305 g/mol. The summed E-state index contributed by atoms with van der Waals surface area (Å²) in [6.45, 7) is 5.24. The van der Waals surface area contributed by atoms with Crippen LogP contribution in [0, 0.1) is 0 Å². The van der Waals surface area contributed by atoms with Crippen molar-refractivity contribution in [3.63, 3.8) is 0 Å². The van der Waals surface area contributed by atoms with Crippen LogP contribution < -0.4 is 5.32 Å². The summed E-state index contributed by atoms with van der Waals surface area (Å²) < 4.78 is 0. The maximum absolute atomic E-state index is 12.3. The fraction of sp³-hybridized carbons (Fsp3) is 0.600. The van der Waals surface area contributed by atoms with Crippen LogP contribution in [0.4, 0.5) is 5.82 Å². The Kier molecular flexibility index (Phi) is 6.12. The minimum Gasteiger partial charge on any atom is -0.369 e. The van der Waals surface area contributed by atoms with Crippen LogP contribution in [0.2, 0.25) is 0 Å². The molecule has 1 fully saturated rings. The Bertz CT molecular complexity index is 483. The highest BCUT2D eigenvalue weighted by Crippen LogP contribution is 2.07. The van der Waals surface area contributed by atoms with Gasteiger partial charge in [0, 0.05) is 32.7 Å². The number of nitrogens with one attached hydrogen (secondary N) is 1. The molecule has 0 aliphatic carbocycles. The quantitative estimate of drug-likeness (QED) is 0.600. The molecule has 2 heterocycles. The Morgan fingerprint density at radius 3 is 2.59 bits per heavy atom. The van der Waals surface area contributed by atoms with Gasteiger partial charge in [0.1, 0.15) is 11.5 Å². The first-order valence-electron chi connectivity index (χ1n) is 7.79. The zero-order valence-corrected chi connectivity index (χ0v) is 13.0. The van der Waals surface area contributed by atoms with Crippen molar-refractivity contribution in [1.29, 1.82) is 0 Å². The summed E-state index contributed by atoms with van der Waals surface area (Å²) in [5.41, 5.74) is 0.346. The number of carbonyl (C=O) groups is 2. The second-order valence-electron chi connectivity index (χ2n) is 5.35. The van der Waals surface area contributed by atoms with Crippen molar-refractivity contribution in [3.8, 4) is 0 Å². The number of hydrogen-bond donors (Lipinski definition) is 1. The van der Waals surface area contributed by atoms with Crippen LogP contribution in [-0.2, 0) is 4.79 Å². The predicted molar refractivity (Wildman–Crippen MR) is 83.6 cm³/mol. The number of unbranched alkanes of at least 4 members (excludes halogenated alkanes) is 2. The summed E-state index contributed by atoms with van der Waals surface area (Å²) in [5.74, 6) is 0.564. The van der Waals surface area contributed by atoms with Gasteiger partial charge in [-0.1, -0.05) is 19.8 Å². The van der Waals surface area contributed by atoms with Gasteiger partial charge in [-0.25, -0.2) is 9.97 Å². The van der Waals surface area contributed by atoms with E-state index in [0.29, 0.717) is 37.7 Å². The van der Waals surface area contributed by atoms with Crippen LogP contribution in [0.15, 0.2) is 12.4 Å². The molecule has 0 atom stereocenters. The SMILES string of the molecule is CCCCCNc1cnc(C(=O)N2CCN(C=O)CC2)cn1. The second-order valence-corrected chi connectivity index (χ2v) is 5.35. The van der Waals surface area contributed by atoms with Gasteiger partial charge in [-0.05, 0) is 6.42 Å². The van der Waals surface area contributed by atoms with Crippen LogP contribution in [0.1, 0.15) is 36.7 Å². The van der Waals surface area contributed by atoms with Crippen molar-refractivity contribution >= 4 is 18.1 Å². The number of hydrogen-bond acceptors (Lipinski definition) is 5. The lowest BCUT2D eigenvalue weighted by molar-refractivity contribution is -0.119. The van der Waals surface area contributed by atoms with E-state index in [-0.39, 0.29) is 5.91 Å². The Morgan fingerprint density at radius 1 is 1.23 bits per heavy atom. The molecule has 1 aromatic rings. The minimum absolute atomic E-state index is 0.129. The van der Waals surface area contributed by atoms with Crippen LogP contribution in [0.3, 0.4) is 0 Å². The van der Waals surface area contributed by atoms with Crippen molar-refractivity contribution in [2.24, 2.45) is 0 Å². The standard InChI is InChI=1S/C15H23N5O2/c1-2-3-4-5-16-14-11-17-13(10-18-14)15(22)20-8-6-19(12-21)7-9-20/h10-12H,2-9H2,1H3,(H,16,18). The number of amides is 2. The molecule has 7 nitrogen and oxygen atoms in total. The topological polar surface area (TPSA) is 78.4 Å². The van der Waals surface area contributed by atoms with E-state index in [1.807, 2.05) is 0 Å². The number of anilines is 1. The monoisotopic (exact) mass is 305 g/mol. The Hall–Kier alpha value is -2.18. The molecule has 1 saturated heterocycles. The first-order valence-corrected chi connectivity index (χ1v) is 7.79. The van der Waals surface area contributed by atoms with E-state index in [4.69, 9.17) is 0 Å². The summed E-state index contributed by atoms with van der Waals surface area (Å²) in [6, 6.07) is 0. The Labute approximate surface area is 130 Å². The summed E-state index contributed by atoms with van der Waals surface area (Å²) in [7, 11) is 0. The van der Waals surface area contributed by atoms with Gasteiger partial charge in [0.05, 0.1) is 12.4 Å². The van der Waals surface area contributed by atoms with Gasteiger partial charge in [0.2, 0.25) is 6.41 Å². The Morgan fingerprint density at radius 2 is 2.00 bits per heavy atom. The maximum atomic E-state index is 12.3. The van der Waals surface area contributed by atoms with Gasteiger partial charge < -0.3 is 15.1 Å². The molecule has 7 heteroatoms. The number of piperazine rings is 1. The van der Waals surface area contributed by atoms with Crippen LogP contribution in [-0.4, -0.2) is 64.8 Å². The van der Waals surface area contributed by atoms with E-state index in [9.17, 15) is 9.59 Å². The first-order chi connectivity index (χ1) is 10.7. The molecule has 1 N–H and O–H groups in total. The summed E-state index contributed by atoms with van der Waals surface area (Å²) in [6.07, 6.45) is 7.39. The van der Waals surface area contributed by atoms with E-state index < -0.39 is 0 Å². The van der Waals surface area contributed by atoms with Crippen molar-refractivity contribution in [1.82, 2.24) is 19.8 Å². The summed E-state index contributed by atoms with van der Waals surface area (Å²) in [5, 5.41) is 3.19. The van der Waals surface area contributed by atoms with Crippen molar-refractivity contribution < 1.29 is 9.59 Å². The summed E-state index contributed by atoms with van der Waals surface area (Å²) >= 11 is 0. The van der Waals surface area contributed by atoms with Crippen LogP contribution in [0.25, 0.3) is 0 Å². The predicted octanol–water partition coefficient (Wildman–Crippen LogP) is 0.993. The van der Waals surface area contributed by atoms with Crippen LogP contribution >= 0.6 is 0 Å². The lowest BCUT2D eigenvalue weighted by Crippen LogP contribution is -2.48. The van der Waals surface area contributed by atoms with Crippen LogP contribution in [0.5, 0.6) is 0 Å². The van der Waals surface area contributed by atoms with E-state index in [1.165, 1.54) is 19.0 Å². The molecule has 0 aromatic carbocycles. The molecule has 0 bridgehead atoms. The van der Waals surface area contributed by atoms with E-state index >= 15 is 0 Å². The molecule has 1 aromatic heterocycles. The van der Waals surface area contributed by atoms with Gasteiger partial charge in [-0.15, -0.1) is 0 Å². The third-order valence-corrected chi connectivity index (χ3v) is 3.71. The van der Waals surface area contributed by atoms with Crippen molar-refractivity contribution in [2.45, 2.75) is 26.2 Å². The molecule has 2 amide bonds. The van der Waals surface area contributed by atoms with E-state index in [1.54, 1.807) is 16.0 Å². The highest BCUT2D eigenvalue weighted by Gasteiger charge is 2.22. The second kappa shape index (κ2) is 8.31. The molecular weight excluding hydrogens is 282 g/mol. The molecule has 0 unspecified atom stereocenters. The summed E-state index contributed by atoms with van der Waals surface area (Å²) in [4.78, 5) is 34.8. The molecule has 1 aliphatic rings. The maximum Gasteiger partial charge on any atom is 0.274 e. The first kappa shape index (κ1) is 16.2. The van der Waals surface area contributed by atoms with E-state index in [2.05, 4.69) is 22.2 Å². The smallest absolute Gasteiger partial charge is 0.274 e. The normalized spacial score (nSPS) is 14.8. The minimum atomic E-state index is -0.129. The molecule has 22 heavy (non-hydrogen) atoms. The molecule has 0 spiro atoms. The number of nitrogens with zero attached hydrogens (tertiary/aromatic N) is 4. The third kappa shape index (κ3) is 4.41. The highest BCUT2D eigenvalue weighted by atomic mass is 16.2. The van der Waals surface area contributed by atoms with E-state index in [0.717, 1.165) is 19.4 Å². The van der Waals surface area contributed by atoms with Gasteiger partial charge in [0.25, 0.3) is 5.91 Å². The Balaban J connectivity index is 1.84. The molecule has 1 aliphatic heterocycles. The van der Waals surface area contributed by atoms with Crippen molar-refractivity contribution in [2.75, 3.05) is 38.0 Å². The number of aromatic nitrogens is 2. The van der Waals surface area contributed by atoms with Gasteiger partial charge in [-0.2, -0.15) is 0 Å². The number of rotatable bonds is 7. The van der Waals surface area contributed by atoms with Gasteiger partial charge in [0.15, 0.2) is 0 Å². The zero-order valence-electron chi connectivity index (χ0n) is 13.0. The molecule has 0 saturated carbocycles. The lowest BCUT2D eigenvalue weighted by atomic mass is 10.2. The molecule has 2 rings (SSSR count). The molecule has 120 valence electrons. The number of carbonyl (C=O) groups excluding carboxylic acids is 2. The zero-order chi connectivity index (χ0) is 15.8. The largest absolute Gasteiger partial charge is 0.369 e.